The van der Waals surface area contributed by atoms with Crippen LogP contribution in [0, 0.1) is 0 Å². The minimum Gasteiger partial charge on any atom is -0.486 e. The van der Waals surface area contributed by atoms with Crippen LogP contribution in [0.25, 0.3) is 11.1 Å². The maximum atomic E-state index is 12.5. The molecule has 29 heavy (non-hydrogen) atoms. The Kier molecular flexibility index (Phi) is 7.33. The second-order valence-corrected chi connectivity index (χ2v) is 8.19. The highest BCUT2D eigenvalue weighted by atomic mass is 35.5. The zero-order chi connectivity index (χ0) is 20.8. The summed E-state index contributed by atoms with van der Waals surface area (Å²) < 4.78 is 5.95. The van der Waals surface area contributed by atoms with Crippen LogP contribution in [0.3, 0.4) is 0 Å². The quantitative estimate of drug-likeness (QED) is 0.663. The summed E-state index contributed by atoms with van der Waals surface area (Å²) in [6.45, 7) is 1.75. The second kappa shape index (κ2) is 9.93. The number of nitrogens with zero attached hydrogens (tertiary/aromatic N) is 2. The van der Waals surface area contributed by atoms with Crippen LogP contribution in [0.5, 0.6) is 5.75 Å². The normalized spacial score (nSPS) is 15.9. The predicted molar refractivity (Wildman–Crippen MR) is 114 cm³/mol. The van der Waals surface area contributed by atoms with Crippen molar-refractivity contribution >= 4 is 35.2 Å². The van der Waals surface area contributed by atoms with Gasteiger partial charge in [0.25, 0.3) is 0 Å². The summed E-state index contributed by atoms with van der Waals surface area (Å²) in [5.41, 5.74) is 2.78. The van der Waals surface area contributed by atoms with Gasteiger partial charge in [0.05, 0.1) is 11.6 Å². The Morgan fingerprint density at radius 1 is 1.31 bits per heavy atom. The number of nitrogens with one attached hydrogen (secondary N) is 2. The number of aromatic nitrogens is 2. The molecule has 2 atom stereocenters. The minimum atomic E-state index is -0.544. The van der Waals surface area contributed by atoms with Gasteiger partial charge in [-0.1, -0.05) is 11.6 Å². The predicted octanol–water partition coefficient (Wildman–Crippen LogP) is 2.47. The van der Waals surface area contributed by atoms with Gasteiger partial charge in [-0.3, -0.25) is 9.59 Å². The lowest BCUT2D eigenvalue weighted by Gasteiger charge is -2.19. The molecule has 2 N–H and O–H groups in total. The molecule has 2 aromatic rings. The van der Waals surface area contributed by atoms with Gasteiger partial charge in [-0.05, 0) is 36.1 Å². The van der Waals surface area contributed by atoms with Gasteiger partial charge in [-0.25, -0.2) is 9.97 Å². The van der Waals surface area contributed by atoms with Crippen molar-refractivity contribution in [2.45, 2.75) is 31.9 Å². The van der Waals surface area contributed by atoms with Gasteiger partial charge in [-0.15, -0.1) is 0 Å². The number of hydrogen-bond acceptors (Lipinski definition) is 6. The van der Waals surface area contributed by atoms with Gasteiger partial charge in [0.15, 0.2) is 0 Å². The number of amides is 2. The molecule has 2 amide bonds. The SMILES string of the molecule is CSCC[C@H](NC(C)=O)C(=O)NC[C@H]1Cc2cc(-c3cncnc3)cc(Cl)c2O1. The smallest absolute Gasteiger partial charge is 0.242 e. The molecule has 0 saturated heterocycles. The molecule has 2 heterocycles. The number of fused-ring (bicyclic) bond motifs is 1. The molecule has 0 saturated carbocycles. The average molecular weight is 435 g/mol. The van der Waals surface area contributed by atoms with Crippen molar-refractivity contribution in [1.29, 1.82) is 0 Å². The van der Waals surface area contributed by atoms with Crippen molar-refractivity contribution in [3.05, 3.63) is 41.4 Å². The van der Waals surface area contributed by atoms with Crippen LogP contribution in [-0.2, 0) is 16.0 Å². The van der Waals surface area contributed by atoms with Crippen molar-refractivity contribution in [3.63, 3.8) is 0 Å². The third-order valence-electron chi connectivity index (χ3n) is 4.56. The maximum absolute atomic E-state index is 12.5. The Hall–Kier alpha value is -2.32. The molecule has 154 valence electrons. The van der Waals surface area contributed by atoms with Gasteiger partial charge < -0.3 is 15.4 Å². The molecule has 1 aliphatic rings. The second-order valence-electron chi connectivity index (χ2n) is 6.80. The number of ether oxygens (including phenoxy) is 1. The fraction of sp³-hybridized carbons (Fsp3) is 0.400. The zero-order valence-electron chi connectivity index (χ0n) is 16.3. The van der Waals surface area contributed by atoms with E-state index in [4.69, 9.17) is 16.3 Å². The summed E-state index contributed by atoms with van der Waals surface area (Å²) in [7, 11) is 0. The molecule has 7 nitrogen and oxygen atoms in total. The third-order valence-corrected chi connectivity index (χ3v) is 5.48. The molecule has 9 heteroatoms. The molecule has 1 aromatic heterocycles. The first-order chi connectivity index (χ1) is 14.0. The number of carbonyl (C=O) groups excluding carboxylic acids is 2. The van der Waals surface area contributed by atoms with E-state index in [9.17, 15) is 9.59 Å². The Bertz CT molecular complexity index is 882. The van der Waals surface area contributed by atoms with Gasteiger partial charge in [0, 0.05) is 36.9 Å². The summed E-state index contributed by atoms with van der Waals surface area (Å²) in [6, 6.07) is 3.30. The van der Waals surface area contributed by atoms with E-state index in [0.717, 1.165) is 22.4 Å². The molecular weight excluding hydrogens is 412 g/mol. The fourth-order valence-corrected chi connectivity index (χ4v) is 3.96. The average Bonchev–Trinajstić information content (AvgIpc) is 3.13. The third kappa shape index (κ3) is 5.61. The van der Waals surface area contributed by atoms with E-state index in [2.05, 4.69) is 20.6 Å². The van der Waals surface area contributed by atoms with Crippen LogP contribution >= 0.6 is 23.4 Å². The number of rotatable bonds is 8. The summed E-state index contributed by atoms with van der Waals surface area (Å²) in [6.07, 6.45) is 7.90. The van der Waals surface area contributed by atoms with Gasteiger partial charge in [-0.2, -0.15) is 11.8 Å². The standard InChI is InChI=1S/C20H23ClN4O3S/c1-12(26)25-18(3-4-29-2)20(27)24-10-16-6-14-5-13(7-17(21)19(14)28-16)15-8-22-11-23-9-15/h5,7-9,11,16,18H,3-4,6,10H2,1-2H3,(H,24,27)(H,25,26)/t16-,18+/m1/s1. The molecule has 1 aromatic carbocycles. The van der Waals surface area contributed by atoms with Crippen molar-refractivity contribution in [2.24, 2.45) is 0 Å². The van der Waals surface area contributed by atoms with Crippen LogP contribution in [-0.4, -0.2) is 52.5 Å². The summed E-state index contributed by atoms with van der Waals surface area (Å²) >= 11 is 8.05. The Labute approximate surface area is 179 Å². The van der Waals surface area contributed by atoms with Crippen molar-refractivity contribution in [2.75, 3.05) is 18.6 Å². The topological polar surface area (TPSA) is 93.2 Å². The fourth-order valence-electron chi connectivity index (χ4n) is 3.20. The first kappa shape index (κ1) is 21.4. The first-order valence-electron chi connectivity index (χ1n) is 9.26. The zero-order valence-corrected chi connectivity index (χ0v) is 17.8. The highest BCUT2D eigenvalue weighted by molar-refractivity contribution is 7.98. The van der Waals surface area contributed by atoms with E-state index in [0.29, 0.717) is 30.2 Å². The lowest BCUT2D eigenvalue weighted by atomic mass is 10.0. The molecule has 3 rings (SSSR count). The van der Waals surface area contributed by atoms with Gasteiger partial charge >= 0.3 is 0 Å². The Morgan fingerprint density at radius 2 is 2.07 bits per heavy atom. The first-order valence-corrected chi connectivity index (χ1v) is 11.0. The van der Waals surface area contributed by atoms with Gasteiger partial charge in [0.1, 0.15) is 24.2 Å². The lowest BCUT2D eigenvalue weighted by molar-refractivity contribution is -0.128. The molecule has 0 fully saturated rings. The summed E-state index contributed by atoms with van der Waals surface area (Å²) in [4.78, 5) is 31.9. The van der Waals surface area contributed by atoms with E-state index in [1.165, 1.54) is 13.3 Å². The molecule has 0 aliphatic carbocycles. The van der Waals surface area contributed by atoms with Crippen LogP contribution in [0.2, 0.25) is 5.02 Å². The molecule has 0 bridgehead atoms. The Balaban J connectivity index is 1.62. The highest BCUT2D eigenvalue weighted by Crippen LogP contribution is 2.39. The number of hydrogen-bond donors (Lipinski definition) is 2. The number of benzene rings is 1. The highest BCUT2D eigenvalue weighted by Gasteiger charge is 2.27. The van der Waals surface area contributed by atoms with Crippen molar-refractivity contribution < 1.29 is 14.3 Å². The number of thioether (sulfide) groups is 1. The molecule has 1 aliphatic heterocycles. The summed E-state index contributed by atoms with van der Waals surface area (Å²) in [5.74, 6) is 1.00. The number of carbonyl (C=O) groups is 2. The summed E-state index contributed by atoms with van der Waals surface area (Å²) in [5, 5.41) is 6.11. The van der Waals surface area contributed by atoms with E-state index in [1.807, 2.05) is 18.4 Å². The van der Waals surface area contributed by atoms with E-state index < -0.39 is 6.04 Å². The van der Waals surface area contributed by atoms with Crippen LogP contribution in [0.1, 0.15) is 18.9 Å². The van der Waals surface area contributed by atoms with E-state index in [1.54, 1.807) is 24.2 Å². The van der Waals surface area contributed by atoms with Crippen molar-refractivity contribution in [3.8, 4) is 16.9 Å². The molecule has 0 spiro atoms. The maximum Gasteiger partial charge on any atom is 0.242 e. The van der Waals surface area contributed by atoms with E-state index >= 15 is 0 Å². The van der Waals surface area contributed by atoms with Crippen LogP contribution in [0.15, 0.2) is 30.9 Å². The van der Waals surface area contributed by atoms with Gasteiger partial charge in [0.2, 0.25) is 11.8 Å². The van der Waals surface area contributed by atoms with Crippen molar-refractivity contribution in [1.82, 2.24) is 20.6 Å². The largest absolute Gasteiger partial charge is 0.486 e. The monoisotopic (exact) mass is 434 g/mol. The van der Waals surface area contributed by atoms with E-state index in [-0.39, 0.29) is 17.9 Å². The van der Waals surface area contributed by atoms with Crippen LogP contribution < -0.4 is 15.4 Å². The Morgan fingerprint density at radius 3 is 2.76 bits per heavy atom. The molecule has 0 radical (unpaired) electrons. The molecule has 0 unspecified atom stereocenters. The van der Waals surface area contributed by atoms with Crippen LogP contribution in [0.4, 0.5) is 0 Å². The minimum absolute atomic E-state index is 0.206. The number of halogens is 1. The lowest BCUT2D eigenvalue weighted by Crippen LogP contribution is -2.48. The molecular formula is C20H23ClN4O3S.